The lowest BCUT2D eigenvalue weighted by molar-refractivity contribution is 0.0950. The summed E-state index contributed by atoms with van der Waals surface area (Å²) in [5, 5.41) is 6.59. The van der Waals surface area contributed by atoms with Crippen LogP contribution in [0, 0.1) is 0 Å². The molecule has 0 aromatic heterocycles. The molecule has 2 aliphatic heterocycles. The van der Waals surface area contributed by atoms with Crippen LogP contribution in [-0.4, -0.2) is 43.1 Å². The maximum atomic E-state index is 12.5. The van der Waals surface area contributed by atoms with Crippen LogP contribution in [-0.2, 0) is 13.1 Å². The normalized spacial score (nSPS) is 19.8. The van der Waals surface area contributed by atoms with Crippen LogP contribution >= 0.6 is 0 Å². The number of nitrogens with one attached hydrogen (secondary N) is 2. The zero-order valence-corrected chi connectivity index (χ0v) is 18.4. The number of hydrogen-bond acceptors (Lipinski definition) is 4. The van der Waals surface area contributed by atoms with E-state index in [0.717, 1.165) is 25.2 Å². The average molecular weight is 428 g/mol. The second-order valence-corrected chi connectivity index (χ2v) is 8.74. The molecule has 5 nitrogen and oxygen atoms in total. The molecule has 1 unspecified atom stereocenters. The van der Waals surface area contributed by atoms with Gasteiger partial charge in [0.2, 0.25) is 0 Å². The molecule has 32 heavy (non-hydrogen) atoms. The molecule has 2 N–H and O–H groups in total. The lowest BCUT2D eigenvalue weighted by Gasteiger charge is -2.27. The molecule has 0 spiro atoms. The van der Waals surface area contributed by atoms with E-state index in [0.29, 0.717) is 29.9 Å². The van der Waals surface area contributed by atoms with Crippen molar-refractivity contribution in [2.24, 2.45) is 0 Å². The predicted octanol–water partition coefficient (Wildman–Crippen LogP) is 3.84. The Bertz CT molecular complexity index is 1110. The quantitative estimate of drug-likeness (QED) is 0.602. The molecule has 5 heteroatoms. The second-order valence-electron chi connectivity index (χ2n) is 8.74. The number of rotatable bonds is 7. The van der Waals surface area contributed by atoms with Crippen LogP contribution in [0.4, 0.5) is 0 Å². The van der Waals surface area contributed by atoms with Crippen molar-refractivity contribution in [1.29, 1.82) is 0 Å². The first-order chi connectivity index (χ1) is 15.7. The maximum absolute atomic E-state index is 12.5. The summed E-state index contributed by atoms with van der Waals surface area (Å²) in [6.07, 6.45) is 1.28. The van der Waals surface area contributed by atoms with Gasteiger partial charge in [-0.25, -0.2) is 0 Å². The van der Waals surface area contributed by atoms with Gasteiger partial charge in [-0.05, 0) is 59.0 Å². The fourth-order valence-corrected chi connectivity index (χ4v) is 4.83. The van der Waals surface area contributed by atoms with Gasteiger partial charge < -0.3 is 15.4 Å². The summed E-state index contributed by atoms with van der Waals surface area (Å²) in [7, 11) is 1.60. The van der Waals surface area contributed by atoms with E-state index < -0.39 is 0 Å². The minimum atomic E-state index is -0.106. The molecule has 2 saturated heterocycles. The molecule has 3 aromatic carbocycles. The minimum absolute atomic E-state index is 0.106. The third-order valence-electron chi connectivity index (χ3n) is 6.53. The molecule has 5 rings (SSSR count). The van der Waals surface area contributed by atoms with Crippen LogP contribution in [0.25, 0.3) is 11.1 Å². The average Bonchev–Trinajstić information content (AvgIpc) is 3.46. The van der Waals surface area contributed by atoms with Gasteiger partial charge >= 0.3 is 0 Å². The van der Waals surface area contributed by atoms with Gasteiger partial charge in [-0.3, -0.25) is 9.69 Å². The second kappa shape index (κ2) is 9.15. The number of nitrogens with zero attached hydrogens (tertiary/aromatic N) is 1. The third kappa shape index (κ3) is 4.54. The Morgan fingerprint density at radius 2 is 1.78 bits per heavy atom. The molecule has 2 atom stereocenters. The van der Waals surface area contributed by atoms with Crippen molar-refractivity contribution < 1.29 is 9.53 Å². The number of carbonyl (C=O) groups is 1. The summed E-state index contributed by atoms with van der Waals surface area (Å²) in [5.41, 5.74) is 5.41. The van der Waals surface area contributed by atoms with Gasteiger partial charge in [-0.15, -0.1) is 0 Å². The van der Waals surface area contributed by atoms with Gasteiger partial charge in [0.25, 0.3) is 5.91 Å². The Morgan fingerprint density at radius 3 is 2.50 bits per heavy atom. The van der Waals surface area contributed by atoms with Crippen LogP contribution in [0.3, 0.4) is 0 Å². The summed E-state index contributed by atoms with van der Waals surface area (Å²) in [6.45, 7) is 3.76. The standard InChI is InChI=1S/C27H29N3O2/c1-32-26-10-4-9-23(13-26)27(31)29-15-19-5-2-7-21(11-19)22-8-3-6-20(12-22)17-30-18-24-14-25(30)16-28-24/h2-13,24-25,28H,14-18H2,1H3,(H,29,31)/t24-,25?/m0/s1. The number of fused-ring (bicyclic) bond motifs is 2. The number of hydrogen-bond donors (Lipinski definition) is 2. The van der Waals surface area contributed by atoms with Crippen molar-refractivity contribution in [3.05, 3.63) is 89.5 Å². The van der Waals surface area contributed by atoms with Crippen molar-refractivity contribution in [3.8, 4) is 16.9 Å². The summed E-state index contributed by atoms with van der Waals surface area (Å²) in [4.78, 5) is 15.1. The fourth-order valence-electron chi connectivity index (χ4n) is 4.83. The number of carbonyl (C=O) groups excluding carboxylic acids is 1. The summed E-state index contributed by atoms with van der Waals surface area (Å²) >= 11 is 0. The van der Waals surface area contributed by atoms with E-state index in [9.17, 15) is 4.79 Å². The van der Waals surface area contributed by atoms with Gasteiger partial charge in [-0.2, -0.15) is 0 Å². The Kier molecular flexibility index (Phi) is 5.93. The molecule has 0 radical (unpaired) electrons. The molecular weight excluding hydrogens is 398 g/mol. The van der Waals surface area contributed by atoms with Crippen LogP contribution in [0.1, 0.15) is 27.9 Å². The van der Waals surface area contributed by atoms with E-state index in [1.54, 1.807) is 19.2 Å². The minimum Gasteiger partial charge on any atom is -0.497 e. The van der Waals surface area contributed by atoms with E-state index in [2.05, 4.69) is 58.0 Å². The van der Waals surface area contributed by atoms with Gasteiger partial charge in [0.1, 0.15) is 5.75 Å². The summed E-state index contributed by atoms with van der Waals surface area (Å²) in [5.74, 6) is 0.572. The van der Waals surface area contributed by atoms with Gasteiger partial charge in [-0.1, -0.05) is 42.5 Å². The highest BCUT2D eigenvalue weighted by molar-refractivity contribution is 5.94. The maximum Gasteiger partial charge on any atom is 0.251 e. The van der Waals surface area contributed by atoms with Crippen LogP contribution in [0.2, 0.25) is 0 Å². The van der Waals surface area contributed by atoms with E-state index in [-0.39, 0.29) is 5.91 Å². The van der Waals surface area contributed by atoms with Crippen LogP contribution in [0.15, 0.2) is 72.8 Å². The highest BCUT2D eigenvalue weighted by Gasteiger charge is 2.37. The van der Waals surface area contributed by atoms with Crippen molar-refractivity contribution in [2.75, 3.05) is 20.2 Å². The fraction of sp³-hybridized carbons (Fsp3) is 0.296. The molecule has 164 valence electrons. The highest BCUT2D eigenvalue weighted by atomic mass is 16.5. The number of benzene rings is 3. The van der Waals surface area contributed by atoms with Gasteiger partial charge in [0, 0.05) is 43.8 Å². The number of methoxy groups -OCH3 is 1. The molecule has 3 aromatic rings. The molecule has 2 fully saturated rings. The van der Waals surface area contributed by atoms with Crippen molar-refractivity contribution in [2.45, 2.75) is 31.6 Å². The van der Waals surface area contributed by atoms with Crippen molar-refractivity contribution in [1.82, 2.24) is 15.5 Å². The van der Waals surface area contributed by atoms with E-state index >= 15 is 0 Å². The molecule has 2 bridgehead atoms. The van der Waals surface area contributed by atoms with Gasteiger partial charge in [0.15, 0.2) is 0 Å². The molecular formula is C27H29N3O2. The molecule has 2 heterocycles. The Labute approximate surface area is 189 Å². The lowest BCUT2D eigenvalue weighted by Crippen LogP contribution is -2.42. The van der Waals surface area contributed by atoms with Gasteiger partial charge in [0.05, 0.1) is 7.11 Å². The zero-order chi connectivity index (χ0) is 21.9. The van der Waals surface area contributed by atoms with E-state index in [1.807, 2.05) is 18.2 Å². The predicted molar refractivity (Wildman–Crippen MR) is 127 cm³/mol. The van der Waals surface area contributed by atoms with Crippen molar-refractivity contribution in [3.63, 3.8) is 0 Å². The zero-order valence-electron chi connectivity index (χ0n) is 18.4. The molecule has 2 aliphatic rings. The van der Waals surface area contributed by atoms with E-state index in [1.165, 1.54) is 23.1 Å². The molecule has 0 aliphatic carbocycles. The SMILES string of the molecule is COc1cccc(C(=O)NCc2cccc(-c3cccc(CN4C[C@@H]5CC4CN5)c3)c2)c1. The lowest BCUT2D eigenvalue weighted by atomic mass is 10.0. The van der Waals surface area contributed by atoms with E-state index in [4.69, 9.17) is 4.74 Å². The van der Waals surface area contributed by atoms with Crippen LogP contribution < -0.4 is 15.4 Å². The number of ether oxygens (including phenoxy) is 1. The van der Waals surface area contributed by atoms with Crippen molar-refractivity contribution >= 4 is 5.91 Å². The Balaban J connectivity index is 1.25. The van der Waals surface area contributed by atoms with Crippen LogP contribution in [0.5, 0.6) is 5.75 Å². The first-order valence-corrected chi connectivity index (χ1v) is 11.3. The first kappa shape index (κ1) is 20.7. The first-order valence-electron chi connectivity index (χ1n) is 11.3. The largest absolute Gasteiger partial charge is 0.497 e. The Hall–Kier alpha value is -3.15. The smallest absolute Gasteiger partial charge is 0.251 e. The summed E-state index contributed by atoms with van der Waals surface area (Å²) in [6, 6.07) is 25.8. The number of likely N-dealkylation sites (tertiary alicyclic amines) is 1. The summed E-state index contributed by atoms with van der Waals surface area (Å²) < 4.78 is 5.21. The molecule has 1 amide bonds. The number of amides is 1. The number of piperazine rings is 1. The highest BCUT2D eigenvalue weighted by Crippen LogP contribution is 2.27. The topological polar surface area (TPSA) is 53.6 Å². The molecule has 0 saturated carbocycles. The monoisotopic (exact) mass is 427 g/mol. The third-order valence-corrected chi connectivity index (χ3v) is 6.53. The Morgan fingerprint density at radius 1 is 1.03 bits per heavy atom.